The third-order valence-electron chi connectivity index (χ3n) is 2.17. The largest absolute Gasteiger partial charge is 0.319 e. The molecule has 4 nitrogen and oxygen atoms in total. The molecule has 0 spiro atoms. The fourth-order valence-electron chi connectivity index (χ4n) is 1.35. The van der Waals surface area contributed by atoms with E-state index in [1.165, 1.54) is 0 Å². The zero-order valence-electron chi connectivity index (χ0n) is 8.67. The van der Waals surface area contributed by atoms with Crippen LogP contribution in [0.1, 0.15) is 17.3 Å². The average Bonchev–Trinajstić information content (AvgIpc) is 2.65. The second kappa shape index (κ2) is 5.43. The molecule has 2 rings (SSSR count). The van der Waals surface area contributed by atoms with E-state index in [4.69, 9.17) is 5.73 Å². The van der Waals surface area contributed by atoms with Crippen molar-refractivity contribution in [3.8, 4) is 0 Å². The molecule has 0 amide bonds. The van der Waals surface area contributed by atoms with E-state index in [0.717, 1.165) is 15.7 Å². The molecular formula is C10H12BrClN4. The molecule has 0 aliphatic carbocycles. The van der Waals surface area contributed by atoms with Gasteiger partial charge < -0.3 is 5.73 Å². The van der Waals surface area contributed by atoms with E-state index in [9.17, 15) is 0 Å². The first kappa shape index (κ1) is 13.2. The first-order valence-electron chi connectivity index (χ1n) is 4.54. The minimum absolute atomic E-state index is 0. The Kier molecular flexibility index (Phi) is 4.46. The lowest BCUT2D eigenvalue weighted by atomic mass is 10.1. The number of benzene rings is 1. The predicted molar refractivity (Wildman–Crippen MR) is 68.4 cm³/mol. The lowest BCUT2D eigenvalue weighted by Gasteiger charge is -2.07. The van der Waals surface area contributed by atoms with Crippen LogP contribution in [0, 0.1) is 0 Å². The molecule has 0 aliphatic rings. The average molecular weight is 304 g/mol. The topological polar surface area (TPSA) is 56.7 Å². The van der Waals surface area contributed by atoms with Gasteiger partial charge in [-0.3, -0.25) is 4.68 Å². The second-order valence-electron chi connectivity index (χ2n) is 3.35. The molecule has 0 unspecified atom stereocenters. The Bertz CT molecular complexity index is 454. The van der Waals surface area contributed by atoms with Crippen LogP contribution in [-0.2, 0) is 7.05 Å². The van der Waals surface area contributed by atoms with Gasteiger partial charge in [-0.15, -0.1) is 17.5 Å². The third-order valence-corrected chi connectivity index (χ3v) is 2.70. The molecule has 0 fully saturated rings. The van der Waals surface area contributed by atoms with Gasteiger partial charge in [0.15, 0.2) is 0 Å². The van der Waals surface area contributed by atoms with Crippen LogP contribution in [0.2, 0.25) is 0 Å². The molecule has 6 heteroatoms. The van der Waals surface area contributed by atoms with Gasteiger partial charge in [-0.05, 0) is 17.7 Å². The Morgan fingerprint density at radius 1 is 1.31 bits per heavy atom. The van der Waals surface area contributed by atoms with Crippen molar-refractivity contribution in [2.45, 2.75) is 6.04 Å². The highest BCUT2D eigenvalue weighted by Gasteiger charge is 2.11. The van der Waals surface area contributed by atoms with Crippen molar-refractivity contribution in [3.63, 3.8) is 0 Å². The highest BCUT2D eigenvalue weighted by molar-refractivity contribution is 9.10. The molecule has 16 heavy (non-hydrogen) atoms. The van der Waals surface area contributed by atoms with Crippen LogP contribution in [-0.4, -0.2) is 15.0 Å². The van der Waals surface area contributed by atoms with E-state index in [0.29, 0.717) is 0 Å². The number of nitrogens with zero attached hydrogens (tertiary/aromatic N) is 3. The maximum atomic E-state index is 6.05. The van der Waals surface area contributed by atoms with Gasteiger partial charge in [0.2, 0.25) is 0 Å². The van der Waals surface area contributed by atoms with E-state index in [2.05, 4.69) is 26.2 Å². The first-order valence-corrected chi connectivity index (χ1v) is 5.33. The lowest BCUT2D eigenvalue weighted by molar-refractivity contribution is 0.710. The summed E-state index contributed by atoms with van der Waals surface area (Å²) in [5, 5.41) is 7.85. The Balaban J connectivity index is 0.00000128. The molecule has 0 saturated heterocycles. The van der Waals surface area contributed by atoms with Crippen molar-refractivity contribution in [2.24, 2.45) is 12.8 Å². The number of aryl methyl sites for hydroxylation is 1. The van der Waals surface area contributed by atoms with Gasteiger partial charge in [-0.2, -0.15) is 0 Å². The summed E-state index contributed by atoms with van der Waals surface area (Å²) in [5.41, 5.74) is 7.85. The van der Waals surface area contributed by atoms with Crippen LogP contribution in [0.4, 0.5) is 0 Å². The summed E-state index contributed by atoms with van der Waals surface area (Å²) in [6.07, 6.45) is 1.83. The number of hydrogen-bond acceptors (Lipinski definition) is 3. The summed E-state index contributed by atoms with van der Waals surface area (Å²) in [7, 11) is 1.82. The van der Waals surface area contributed by atoms with Crippen LogP contribution in [0.15, 0.2) is 34.9 Å². The molecule has 0 saturated carbocycles. The normalized spacial score (nSPS) is 11.9. The number of nitrogens with two attached hydrogens (primary N) is 1. The zero-order chi connectivity index (χ0) is 10.8. The highest BCUT2D eigenvalue weighted by atomic mass is 79.9. The first-order chi connectivity index (χ1) is 7.16. The molecular weight excluding hydrogens is 291 g/mol. The number of halogens is 2. The van der Waals surface area contributed by atoms with Gasteiger partial charge in [0.25, 0.3) is 0 Å². The predicted octanol–water partition coefficient (Wildman–Crippen LogP) is 2.05. The maximum absolute atomic E-state index is 6.05. The minimum atomic E-state index is -0.216. The summed E-state index contributed by atoms with van der Waals surface area (Å²) in [5.74, 6) is 0. The molecule has 0 bridgehead atoms. The van der Waals surface area contributed by atoms with Crippen LogP contribution < -0.4 is 5.73 Å². The lowest BCUT2D eigenvalue weighted by Crippen LogP contribution is -2.12. The van der Waals surface area contributed by atoms with Gasteiger partial charge in [-0.25, -0.2) is 0 Å². The summed E-state index contributed by atoms with van der Waals surface area (Å²) in [6, 6.07) is 7.66. The minimum Gasteiger partial charge on any atom is -0.319 e. The molecule has 1 aromatic heterocycles. The molecule has 1 heterocycles. The maximum Gasteiger partial charge on any atom is 0.104 e. The molecule has 2 N–H and O–H groups in total. The summed E-state index contributed by atoms with van der Waals surface area (Å²) in [4.78, 5) is 0. The molecule has 2 aromatic rings. The Morgan fingerprint density at radius 3 is 2.44 bits per heavy atom. The third kappa shape index (κ3) is 2.81. The van der Waals surface area contributed by atoms with Crippen molar-refractivity contribution in [2.75, 3.05) is 0 Å². The van der Waals surface area contributed by atoms with E-state index in [1.54, 1.807) is 4.68 Å². The SMILES string of the molecule is Cl.Cn1cc([C@@H](N)c2ccc(Br)cc2)nn1. The molecule has 86 valence electrons. The number of rotatable bonds is 2. The standard InChI is InChI=1S/C10H11BrN4.ClH/c1-15-6-9(13-14-15)10(12)7-2-4-8(11)5-3-7;/h2-6,10H,12H2,1H3;1H/t10-;/m0./s1. The van der Waals surface area contributed by atoms with Crippen molar-refractivity contribution < 1.29 is 0 Å². The quantitative estimate of drug-likeness (QED) is 0.924. The molecule has 1 atom stereocenters. The van der Waals surface area contributed by atoms with Gasteiger partial charge in [0.1, 0.15) is 5.69 Å². The molecule has 0 radical (unpaired) electrons. The smallest absolute Gasteiger partial charge is 0.104 e. The van der Waals surface area contributed by atoms with Crippen LogP contribution >= 0.6 is 28.3 Å². The van der Waals surface area contributed by atoms with Gasteiger partial charge in [0, 0.05) is 11.5 Å². The highest BCUT2D eigenvalue weighted by Crippen LogP contribution is 2.19. The van der Waals surface area contributed by atoms with E-state index in [1.807, 2.05) is 37.5 Å². The van der Waals surface area contributed by atoms with E-state index in [-0.39, 0.29) is 18.4 Å². The monoisotopic (exact) mass is 302 g/mol. The van der Waals surface area contributed by atoms with E-state index >= 15 is 0 Å². The fraction of sp³-hybridized carbons (Fsp3) is 0.200. The summed E-state index contributed by atoms with van der Waals surface area (Å²) >= 11 is 3.38. The summed E-state index contributed by atoms with van der Waals surface area (Å²) < 4.78 is 2.69. The Morgan fingerprint density at radius 2 is 1.94 bits per heavy atom. The van der Waals surface area contributed by atoms with Crippen molar-refractivity contribution in [1.82, 2.24) is 15.0 Å². The Hall–Kier alpha value is -0.910. The van der Waals surface area contributed by atoms with Gasteiger partial charge in [0.05, 0.1) is 12.2 Å². The van der Waals surface area contributed by atoms with E-state index < -0.39 is 0 Å². The number of aromatic nitrogens is 3. The van der Waals surface area contributed by atoms with Gasteiger partial charge in [-0.1, -0.05) is 33.3 Å². The molecule has 1 aromatic carbocycles. The van der Waals surface area contributed by atoms with Crippen LogP contribution in [0.5, 0.6) is 0 Å². The Labute approximate surface area is 108 Å². The van der Waals surface area contributed by atoms with Crippen molar-refractivity contribution in [1.29, 1.82) is 0 Å². The fourth-order valence-corrected chi connectivity index (χ4v) is 1.61. The molecule has 0 aliphatic heterocycles. The van der Waals surface area contributed by atoms with Gasteiger partial charge >= 0.3 is 0 Å². The van der Waals surface area contributed by atoms with Crippen LogP contribution in [0.25, 0.3) is 0 Å². The van der Waals surface area contributed by atoms with Crippen molar-refractivity contribution >= 4 is 28.3 Å². The zero-order valence-corrected chi connectivity index (χ0v) is 11.1. The number of hydrogen-bond donors (Lipinski definition) is 1. The second-order valence-corrected chi connectivity index (χ2v) is 4.26. The van der Waals surface area contributed by atoms with Crippen molar-refractivity contribution in [3.05, 3.63) is 46.2 Å². The van der Waals surface area contributed by atoms with Crippen LogP contribution in [0.3, 0.4) is 0 Å². The summed E-state index contributed by atoms with van der Waals surface area (Å²) in [6.45, 7) is 0.